The average Bonchev–Trinajstić information content (AvgIpc) is 2.59. The molecule has 0 spiro atoms. The van der Waals surface area contributed by atoms with Crippen LogP contribution in [-0.4, -0.2) is 30.6 Å². The Balaban J connectivity index is 2.28. The van der Waals surface area contributed by atoms with Gasteiger partial charge in [-0.2, -0.15) is 11.8 Å². The van der Waals surface area contributed by atoms with Crippen molar-refractivity contribution < 1.29 is 0 Å². The van der Waals surface area contributed by atoms with E-state index in [2.05, 4.69) is 11.2 Å². The van der Waals surface area contributed by atoms with Crippen molar-refractivity contribution in [2.45, 2.75) is 12.5 Å². The van der Waals surface area contributed by atoms with Crippen LogP contribution in [-0.2, 0) is 0 Å². The van der Waals surface area contributed by atoms with Crippen LogP contribution in [0.1, 0.15) is 6.42 Å². The number of rotatable bonds is 4. The molecular weight excluding hydrogens is 168 g/mol. The Labute approximate surface area is 78.7 Å². The van der Waals surface area contributed by atoms with E-state index < -0.39 is 0 Å². The average molecular weight is 184 g/mol. The zero-order chi connectivity index (χ0) is 8.81. The van der Waals surface area contributed by atoms with Gasteiger partial charge in [0, 0.05) is 12.6 Å². The van der Waals surface area contributed by atoms with Gasteiger partial charge in [0.05, 0.1) is 6.54 Å². The van der Waals surface area contributed by atoms with Crippen molar-refractivity contribution in [2.24, 2.45) is 11.7 Å². The topological polar surface area (TPSA) is 38.0 Å². The molecule has 0 aromatic carbocycles. The Morgan fingerprint density at radius 1 is 1.75 bits per heavy atom. The van der Waals surface area contributed by atoms with Gasteiger partial charge in [-0.1, -0.05) is 5.92 Å². The second-order valence-electron chi connectivity index (χ2n) is 3.05. The first kappa shape index (κ1) is 9.91. The normalized spacial score (nSPS) is 25.2. The van der Waals surface area contributed by atoms with Gasteiger partial charge in [-0.05, 0) is 23.8 Å². The lowest BCUT2D eigenvalue weighted by atomic mass is 9.99. The molecule has 12 heavy (non-hydrogen) atoms. The van der Waals surface area contributed by atoms with Gasteiger partial charge in [-0.15, -0.1) is 6.42 Å². The zero-order valence-electron chi connectivity index (χ0n) is 7.25. The van der Waals surface area contributed by atoms with Crippen molar-refractivity contribution >= 4 is 11.8 Å². The Morgan fingerprint density at radius 2 is 2.58 bits per heavy atom. The van der Waals surface area contributed by atoms with Crippen LogP contribution in [0.3, 0.4) is 0 Å². The van der Waals surface area contributed by atoms with Crippen molar-refractivity contribution in [1.29, 1.82) is 0 Å². The van der Waals surface area contributed by atoms with Gasteiger partial charge in [-0.3, -0.25) is 0 Å². The highest BCUT2D eigenvalue weighted by molar-refractivity contribution is 7.99. The summed E-state index contributed by atoms with van der Waals surface area (Å²) in [5.74, 6) is 5.82. The van der Waals surface area contributed by atoms with Gasteiger partial charge in [0.15, 0.2) is 0 Å². The van der Waals surface area contributed by atoms with Gasteiger partial charge >= 0.3 is 0 Å². The van der Waals surface area contributed by atoms with Crippen LogP contribution >= 0.6 is 11.8 Å². The fraction of sp³-hybridized carbons (Fsp3) is 0.778. The molecule has 0 bridgehead atoms. The third-order valence-electron chi connectivity index (χ3n) is 2.25. The molecule has 1 heterocycles. The van der Waals surface area contributed by atoms with Crippen molar-refractivity contribution in [1.82, 2.24) is 5.32 Å². The number of nitrogens with one attached hydrogen (secondary N) is 1. The molecule has 3 heteroatoms. The van der Waals surface area contributed by atoms with Crippen LogP contribution in [0.4, 0.5) is 0 Å². The van der Waals surface area contributed by atoms with Gasteiger partial charge in [0.2, 0.25) is 0 Å². The maximum Gasteiger partial charge on any atom is 0.0576 e. The smallest absolute Gasteiger partial charge is 0.0576 e. The predicted octanol–water partition coefficient (Wildman–Crippen LogP) is 0.290. The van der Waals surface area contributed by atoms with E-state index in [0.29, 0.717) is 19.1 Å². The minimum atomic E-state index is 0.427. The maximum atomic E-state index is 5.65. The molecule has 2 atom stereocenters. The monoisotopic (exact) mass is 184 g/mol. The molecule has 0 aromatic heterocycles. The quantitative estimate of drug-likeness (QED) is 0.617. The highest BCUT2D eigenvalue weighted by atomic mass is 32.2. The maximum absolute atomic E-state index is 5.65. The second kappa shape index (κ2) is 5.47. The Kier molecular flexibility index (Phi) is 4.52. The molecule has 1 aliphatic heterocycles. The van der Waals surface area contributed by atoms with Crippen LogP contribution < -0.4 is 11.1 Å². The predicted molar refractivity (Wildman–Crippen MR) is 55.1 cm³/mol. The molecule has 3 N–H and O–H groups in total. The zero-order valence-corrected chi connectivity index (χ0v) is 8.07. The molecule has 1 aliphatic rings. The van der Waals surface area contributed by atoms with E-state index >= 15 is 0 Å². The lowest BCUT2D eigenvalue weighted by molar-refractivity contribution is 0.404. The molecular formula is C9H16N2S. The molecule has 0 aliphatic carbocycles. The fourth-order valence-electron chi connectivity index (χ4n) is 1.50. The Hall–Kier alpha value is -0.170. The molecule has 0 amide bonds. The summed E-state index contributed by atoms with van der Waals surface area (Å²) in [6, 6.07) is 0.427. The summed E-state index contributed by atoms with van der Waals surface area (Å²) >= 11 is 2.01. The summed E-state index contributed by atoms with van der Waals surface area (Å²) in [4.78, 5) is 0. The van der Waals surface area contributed by atoms with Crippen LogP contribution in [0.25, 0.3) is 0 Å². The van der Waals surface area contributed by atoms with E-state index in [1.165, 1.54) is 17.9 Å². The molecule has 2 nitrogen and oxygen atoms in total. The molecule has 0 saturated carbocycles. The number of terminal acetylenes is 1. The lowest BCUT2D eigenvalue weighted by Gasteiger charge is -2.21. The minimum Gasteiger partial charge on any atom is -0.329 e. The standard InChI is InChI=1S/C9H16N2S/c1-2-4-11-9(6-10)8-3-5-12-7-8/h1,8-9,11H,3-7,10H2. The van der Waals surface area contributed by atoms with Crippen molar-refractivity contribution in [2.75, 3.05) is 24.6 Å². The minimum absolute atomic E-state index is 0.427. The first-order chi connectivity index (χ1) is 5.88. The SMILES string of the molecule is C#CCNC(CN)C1CCSC1. The molecule has 2 unspecified atom stereocenters. The van der Waals surface area contributed by atoms with Crippen LogP contribution in [0.5, 0.6) is 0 Å². The molecule has 1 saturated heterocycles. The summed E-state index contributed by atoms with van der Waals surface area (Å²) in [6.07, 6.45) is 6.45. The summed E-state index contributed by atoms with van der Waals surface area (Å²) in [5, 5.41) is 3.29. The lowest BCUT2D eigenvalue weighted by Crippen LogP contribution is -2.42. The van der Waals surface area contributed by atoms with Crippen molar-refractivity contribution in [3.8, 4) is 12.3 Å². The van der Waals surface area contributed by atoms with E-state index in [-0.39, 0.29) is 0 Å². The van der Waals surface area contributed by atoms with Gasteiger partial charge in [-0.25, -0.2) is 0 Å². The van der Waals surface area contributed by atoms with E-state index in [4.69, 9.17) is 12.2 Å². The fourth-order valence-corrected chi connectivity index (χ4v) is 2.84. The Morgan fingerprint density at radius 3 is 3.08 bits per heavy atom. The van der Waals surface area contributed by atoms with E-state index in [0.717, 1.165) is 5.92 Å². The summed E-state index contributed by atoms with van der Waals surface area (Å²) in [6.45, 7) is 1.34. The summed E-state index contributed by atoms with van der Waals surface area (Å²) in [7, 11) is 0. The van der Waals surface area contributed by atoms with Gasteiger partial charge < -0.3 is 11.1 Å². The third kappa shape index (κ3) is 2.71. The highest BCUT2D eigenvalue weighted by Crippen LogP contribution is 2.25. The van der Waals surface area contributed by atoms with Crippen LogP contribution in [0.2, 0.25) is 0 Å². The highest BCUT2D eigenvalue weighted by Gasteiger charge is 2.23. The number of hydrogen-bond acceptors (Lipinski definition) is 3. The first-order valence-electron chi connectivity index (χ1n) is 4.33. The molecule has 1 rings (SSSR count). The largest absolute Gasteiger partial charge is 0.329 e. The van der Waals surface area contributed by atoms with E-state index in [1.54, 1.807) is 0 Å². The molecule has 68 valence electrons. The van der Waals surface area contributed by atoms with Crippen molar-refractivity contribution in [3.63, 3.8) is 0 Å². The number of nitrogens with two attached hydrogens (primary N) is 1. The van der Waals surface area contributed by atoms with Gasteiger partial charge in [0.25, 0.3) is 0 Å². The Bertz CT molecular complexity index is 158. The number of hydrogen-bond donors (Lipinski definition) is 2. The molecule has 1 fully saturated rings. The van der Waals surface area contributed by atoms with Gasteiger partial charge in [0.1, 0.15) is 0 Å². The van der Waals surface area contributed by atoms with Crippen LogP contribution in [0.15, 0.2) is 0 Å². The van der Waals surface area contributed by atoms with Crippen LogP contribution in [0, 0.1) is 18.3 Å². The molecule has 0 aromatic rings. The third-order valence-corrected chi connectivity index (χ3v) is 3.44. The van der Waals surface area contributed by atoms with E-state index in [1.807, 2.05) is 11.8 Å². The van der Waals surface area contributed by atoms with Crippen molar-refractivity contribution in [3.05, 3.63) is 0 Å². The summed E-state index contributed by atoms with van der Waals surface area (Å²) in [5.41, 5.74) is 5.65. The molecule has 0 radical (unpaired) electrons. The number of thioether (sulfide) groups is 1. The van der Waals surface area contributed by atoms with E-state index in [9.17, 15) is 0 Å². The summed E-state index contributed by atoms with van der Waals surface area (Å²) < 4.78 is 0. The first-order valence-corrected chi connectivity index (χ1v) is 5.48. The second-order valence-corrected chi connectivity index (χ2v) is 4.20.